The molecular formula is C34H21N5PtS. The van der Waals surface area contributed by atoms with Gasteiger partial charge in [-0.15, -0.1) is 53.6 Å². The number of benzene rings is 4. The van der Waals surface area contributed by atoms with Crippen LogP contribution in [0.15, 0.2) is 110 Å². The molecule has 0 spiro atoms. The van der Waals surface area contributed by atoms with E-state index < -0.39 is 0 Å². The van der Waals surface area contributed by atoms with E-state index in [1.165, 1.54) is 5.39 Å². The summed E-state index contributed by atoms with van der Waals surface area (Å²) in [4.78, 5) is 14.0. The zero-order chi connectivity index (χ0) is 26.6. The molecule has 4 aromatic heterocycles. The van der Waals surface area contributed by atoms with E-state index in [9.17, 15) is 0 Å². The van der Waals surface area contributed by atoms with Crippen LogP contribution < -0.4 is 0 Å². The fraction of sp³-hybridized carbons (Fsp3) is 0.0294. The van der Waals surface area contributed by atoms with Crippen molar-refractivity contribution in [3.63, 3.8) is 0 Å². The van der Waals surface area contributed by atoms with Crippen molar-refractivity contribution < 1.29 is 21.1 Å². The summed E-state index contributed by atoms with van der Waals surface area (Å²) in [5, 5.41) is 3.27. The van der Waals surface area contributed by atoms with Crippen molar-refractivity contribution in [2.24, 2.45) is 7.05 Å². The molecule has 41 heavy (non-hydrogen) atoms. The summed E-state index contributed by atoms with van der Waals surface area (Å²) in [5.74, 6) is 0.943. The summed E-state index contributed by atoms with van der Waals surface area (Å²) in [6.07, 6.45) is 5.60. The van der Waals surface area contributed by atoms with E-state index in [0.29, 0.717) is 0 Å². The number of aromatic nitrogens is 5. The van der Waals surface area contributed by atoms with E-state index in [1.807, 2.05) is 48.4 Å². The van der Waals surface area contributed by atoms with Gasteiger partial charge >= 0.3 is 21.1 Å². The first-order valence-corrected chi connectivity index (χ1v) is 13.8. The molecule has 8 aromatic rings. The summed E-state index contributed by atoms with van der Waals surface area (Å²) >= 11 is 1.68. The van der Waals surface area contributed by atoms with Crippen LogP contribution in [0.25, 0.3) is 70.9 Å². The quantitative estimate of drug-likeness (QED) is 0.172. The third kappa shape index (κ3) is 4.31. The number of fused-ring (bicyclic) bond motifs is 4. The molecule has 0 saturated heterocycles. The molecular weight excluding hydrogens is 706 g/mol. The van der Waals surface area contributed by atoms with Gasteiger partial charge in [0.1, 0.15) is 5.82 Å². The van der Waals surface area contributed by atoms with Gasteiger partial charge in [0.25, 0.3) is 0 Å². The first-order valence-electron chi connectivity index (χ1n) is 13.0. The Balaban J connectivity index is 0.00000276. The molecule has 0 fully saturated rings. The van der Waals surface area contributed by atoms with Crippen LogP contribution in [0.3, 0.4) is 0 Å². The van der Waals surface area contributed by atoms with Gasteiger partial charge in [-0.2, -0.15) is 11.3 Å². The van der Waals surface area contributed by atoms with E-state index in [2.05, 4.69) is 99.5 Å². The van der Waals surface area contributed by atoms with Gasteiger partial charge in [-0.05, 0) is 52.6 Å². The third-order valence-corrected chi connectivity index (χ3v) is 8.29. The van der Waals surface area contributed by atoms with Crippen LogP contribution in [0.2, 0.25) is 0 Å². The Morgan fingerprint density at radius 3 is 2.51 bits per heavy atom. The molecule has 0 N–H and O–H groups in total. The van der Waals surface area contributed by atoms with Crippen molar-refractivity contribution in [2.45, 2.75) is 0 Å². The topological polar surface area (TPSA) is 48.5 Å². The second kappa shape index (κ2) is 10.2. The first kappa shape index (κ1) is 25.6. The number of hydrogen-bond donors (Lipinski definition) is 0. The number of imidazole rings is 1. The van der Waals surface area contributed by atoms with Crippen molar-refractivity contribution >= 4 is 43.4 Å². The van der Waals surface area contributed by atoms with Crippen LogP contribution >= 0.6 is 11.3 Å². The van der Waals surface area contributed by atoms with Crippen molar-refractivity contribution in [1.82, 2.24) is 24.1 Å². The average molecular weight is 727 g/mol. The van der Waals surface area contributed by atoms with Gasteiger partial charge in [-0.25, -0.2) is 4.98 Å². The minimum Gasteiger partial charge on any atom is -0.346 e. The number of rotatable bonds is 4. The number of para-hydroxylation sites is 1. The fourth-order valence-electron chi connectivity index (χ4n) is 5.35. The van der Waals surface area contributed by atoms with Crippen LogP contribution in [0, 0.1) is 12.1 Å². The molecule has 0 radical (unpaired) electrons. The Labute approximate surface area is 255 Å². The number of nitrogens with zero attached hydrogens (tertiary/aromatic N) is 5. The van der Waals surface area contributed by atoms with E-state index in [0.717, 1.165) is 65.5 Å². The second-order valence-electron chi connectivity index (χ2n) is 9.71. The Morgan fingerprint density at radius 2 is 1.66 bits per heavy atom. The molecule has 4 heterocycles. The number of aryl methyl sites for hydroxylation is 1. The van der Waals surface area contributed by atoms with Crippen LogP contribution in [0.4, 0.5) is 0 Å². The number of pyridine rings is 1. The van der Waals surface area contributed by atoms with Gasteiger partial charge in [-0.1, -0.05) is 35.7 Å². The van der Waals surface area contributed by atoms with Crippen molar-refractivity contribution in [3.8, 4) is 38.9 Å². The molecule has 7 heteroatoms. The standard InChI is InChI=1S/C34H21N5S.Pt/c1-38-18-17-36-33(38)23-13-15-29-32(21-23)40-34(37-29)24-12-14-27-26-9-2-3-11-30(26)39(31(27)20-24)25-8-6-7-22(19-25)28-10-4-5-16-35-28;/h2-18,21H,1H3;/q-2;+2. The van der Waals surface area contributed by atoms with Crippen LogP contribution in [0.1, 0.15) is 0 Å². The van der Waals surface area contributed by atoms with Gasteiger partial charge in [0.2, 0.25) is 0 Å². The molecule has 0 aliphatic heterocycles. The molecule has 8 rings (SSSR count). The number of hydrogen-bond acceptors (Lipinski definition) is 4. The zero-order valence-electron chi connectivity index (χ0n) is 21.9. The van der Waals surface area contributed by atoms with Gasteiger partial charge in [0, 0.05) is 46.4 Å². The van der Waals surface area contributed by atoms with Gasteiger partial charge < -0.3 is 14.1 Å². The molecule has 4 aromatic carbocycles. The Bertz CT molecular complexity index is 2190. The van der Waals surface area contributed by atoms with Gasteiger partial charge in [-0.3, -0.25) is 4.98 Å². The van der Waals surface area contributed by atoms with Crippen LogP contribution in [0.5, 0.6) is 0 Å². The van der Waals surface area contributed by atoms with Gasteiger partial charge in [0.15, 0.2) is 0 Å². The maximum Gasteiger partial charge on any atom is 2.00 e. The number of thiazole rings is 1. The Morgan fingerprint density at radius 1 is 0.756 bits per heavy atom. The fourth-order valence-corrected chi connectivity index (χ4v) is 6.33. The summed E-state index contributed by atoms with van der Waals surface area (Å²) in [6.45, 7) is 0. The van der Waals surface area contributed by atoms with E-state index in [-0.39, 0.29) is 21.1 Å². The maximum atomic E-state index is 4.98. The smallest absolute Gasteiger partial charge is 0.346 e. The molecule has 0 saturated carbocycles. The van der Waals surface area contributed by atoms with Crippen LogP contribution in [-0.2, 0) is 28.1 Å². The van der Waals surface area contributed by atoms with Gasteiger partial charge in [0.05, 0.1) is 5.52 Å². The van der Waals surface area contributed by atoms with Crippen molar-refractivity contribution in [1.29, 1.82) is 0 Å². The minimum absolute atomic E-state index is 0. The summed E-state index contributed by atoms with van der Waals surface area (Å²) in [6, 6.07) is 38.6. The molecule has 0 aliphatic carbocycles. The first-order chi connectivity index (χ1) is 19.7. The summed E-state index contributed by atoms with van der Waals surface area (Å²) in [5.41, 5.74) is 7.94. The predicted molar refractivity (Wildman–Crippen MR) is 162 cm³/mol. The van der Waals surface area contributed by atoms with Crippen LogP contribution in [-0.4, -0.2) is 24.1 Å². The predicted octanol–water partition coefficient (Wildman–Crippen LogP) is 8.12. The molecule has 0 unspecified atom stereocenters. The Kier molecular flexibility index (Phi) is 6.38. The monoisotopic (exact) mass is 726 g/mol. The second-order valence-corrected chi connectivity index (χ2v) is 10.7. The SMILES string of the molecule is Cn1ccnc1-c1ccc2nc(-c3[c-]c4c(cc3)c3ccccc3n4-c3[c-]c(-c4ccccn4)ccc3)sc2c1.[Pt+2]. The normalized spacial score (nSPS) is 11.3. The maximum absolute atomic E-state index is 4.98. The van der Waals surface area contributed by atoms with Crippen molar-refractivity contribution in [2.75, 3.05) is 0 Å². The Hall–Kier alpha value is -4.38. The zero-order valence-corrected chi connectivity index (χ0v) is 24.9. The molecule has 5 nitrogen and oxygen atoms in total. The van der Waals surface area contributed by atoms with E-state index >= 15 is 0 Å². The van der Waals surface area contributed by atoms with E-state index in [1.54, 1.807) is 11.3 Å². The summed E-state index contributed by atoms with van der Waals surface area (Å²) in [7, 11) is 2.01. The molecule has 0 aliphatic rings. The summed E-state index contributed by atoms with van der Waals surface area (Å²) < 4.78 is 5.40. The molecule has 0 amide bonds. The minimum atomic E-state index is 0. The van der Waals surface area contributed by atoms with E-state index in [4.69, 9.17) is 4.98 Å². The third-order valence-electron chi connectivity index (χ3n) is 7.24. The largest absolute Gasteiger partial charge is 2.00 e. The molecule has 0 atom stereocenters. The molecule has 198 valence electrons. The molecule has 0 bridgehead atoms. The van der Waals surface area contributed by atoms with Crippen molar-refractivity contribution in [3.05, 3.63) is 122 Å². The average Bonchev–Trinajstić information content (AvgIpc) is 3.72.